The van der Waals surface area contributed by atoms with Crippen molar-refractivity contribution in [2.24, 2.45) is 23.5 Å². The molecule has 0 radical (unpaired) electrons. The third-order valence-electron chi connectivity index (χ3n) is 5.45. The SMILES string of the molecule is CC1CC(C)C(CN(C)CC2CCCN2C)C(N)C1. The molecule has 2 aliphatic rings. The quantitative estimate of drug-likeness (QED) is 0.846. The minimum absolute atomic E-state index is 0.405. The Morgan fingerprint density at radius 2 is 1.95 bits per heavy atom. The van der Waals surface area contributed by atoms with Gasteiger partial charge in [-0.3, -0.25) is 0 Å². The molecule has 5 atom stereocenters. The molecule has 1 saturated heterocycles. The highest BCUT2D eigenvalue weighted by molar-refractivity contribution is 4.88. The zero-order chi connectivity index (χ0) is 14.0. The summed E-state index contributed by atoms with van der Waals surface area (Å²) >= 11 is 0. The largest absolute Gasteiger partial charge is 0.327 e. The number of likely N-dealkylation sites (N-methyl/N-ethyl adjacent to an activating group) is 2. The van der Waals surface area contributed by atoms with Gasteiger partial charge in [-0.25, -0.2) is 0 Å². The summed E-state index contributed by atoms with van der Waals surface area (Å²) in [5.41, 5.74) is 6.41. The molecular formula is C16H33N3. The summed E-state index contributed by atoms with van der Waals surface area (Å²) in [6.07, 6.45) is 5.30. The van der Waals surface area contributed by atoms with Crippen molar-refractivity contribution in [3.63, 3.8) is 0 Å². The Morgan fingerprint density at radius 1 is 1.21 bits per heavy atom. The predicted molar refractivity (Wildman–Crippen MR) is 82.2 cm³/mol. The Balaban J connectivity index is 1.82. The van der Waals surface area contributed by atoms with Gasteiger partial charge >= 0.3 is 0 Å². The van der Waals surface area contributed by atoms with Crippen molar-refractivity contribution in [1.82, 2.24) is 9.80 Å². The first kappa shape index (κ1) is 15.3. The zero-order valence-electron chi connectivity index (χ0n) is 13.3. The van der Waals surface area contributed by atoms with Crippen LogP contribution in [0.25, 0.3) is 0 Å². The summed E-state index contributed by atoms with van der Waals surface area (Å²) in [7, 11) is 4.55. The second kappa shape index (κ2) is 6.55. The highest BCUT2D eigenvalue weighted by atomic mass is 15.2. The predicted octanol–water partition coefficient (Wildman–Crippen LogP) is 2.02. The van der Waals surface area contributed by atoms with Gasteiger partial charge in [-0.05, 0) is 64.1 Å². The maximum Gasteiger partial charge on any atom is 0.0220 e. The first-order valence-corrected chi connectivity index (χ1v) is 8.11. The fourth-order valence-corrected chi connectivity index (χ4v) is 4.29. The van der Waals surface area contributed by atoms with Gasteiger partial charge in [0.15, 0.2) is 0 Å². The van der Waals surface area contributed by atoms with Gasteiger partial charge in [-0.15, -0.1) is 0 Å². The molecule has 1 aliphatic carbocycles. The van der Waals surface area contributed by atoms with Crippen LogP contribution in [0.4, 0.5) is 0 Å². The molecule has 1 heterocycles. The van der Waals surface area contributed by atoms with Gasteiger partial charge in [0.1, 0.15) is 0 Å². The lowest BCUT2D eigenvalue weighted by molar-refractivity contribution is 0.117. The topological polar surface area (TPSA) is 32.5 Å². The normalized spacial score (nSPS) is 41.1. The third kappa shape index (κ3) is 3.93. The summed E-state index contributed by atoms with van der Waals surface area (Å²) < 4.78 is 0. The molecule has 112 valence electrons. The van der Waals surface area contributed by atoms with E-state index in [4.69, 9.17) is 5.73 Å². The number of nitrogens with two attached hydrogens (primary N) is 1. The standard InChI is InChI=1S/C16H33N3/c1-12-8-13(2)15(16(17)9-12)11-18(3)10-14-6-5-7-19(14)4/h12-16H,5-11,17H2,1-4H3. The number of nitrogens with zero attached hydrogens (tertiary/aromatic N) is 2. The minimum Gasteiger partial charge on any atom is -0.327 e. The Hall–Kier alpha value is -0.120. The molecule has 1 saturated carbocycles. The molecule has 0 aromatic heterocycles. The summed E-state index contributed by atoms with van der Waals surface area (Å²) in [6, 6.07) is 1.17. The molecule has 0 bridgehead atoms. The van der Waals surface area contributed by atoms with E-state index in [1.807, 2.05) is 0 Å². The molecule has 0 aromatic rings. The van der Waals surface area contributed by atoms with Crippen molar-refractivity contribution in [2.45, 2.75) is 51.6 Å². The van der Waals surface area contributed by atoms with E-state index in [2.05, 4.69) is 37.7 Å². The van der Waals surface area contributed by atoms with Crippen LogP contribution in [-0.2, 0) is 0 Å². The van der Waals surface area contributed by atoms with Crippen LogP contribution in [0.2, 0.25) is 0 Å². The molecule has 0 amide bonds. The van der Waals surface area contributed by atoms with Crippen molar-refractivity contribution >= 4 is 0 Å². The second-order valence-electron chi connectivity index (χ2n) is 7.38. The summed E-state index contributed by atoms with van der Waals surface area (Å²) in [4.78, 5) is 5.05. The monoisotopic (exact) mass is 267 g/mol. The van der Waals surface area contributed by atoms with Gasteiger partial charge in [0.05, 0.1) is 0 Å². The highest BCUT2D eigenvalue weighted by Crippen LogP contribution is 2.33. The molecule has 2 rings (SSSR count). The van der Waals surface area contributed by atoms with E-state index in [1.54, 1.807) is 0 Å². The van der Waals surface area contributed by atoms with Crippen molar-refractivity contribution in [2.75, 3.05) is 33.7 Å². The van der Waals surface area contributed by atoms with E-state index in [0.29, 0.717) is 12.0 Å². The van der Waals surface area contributed by atoms with Crippen LogP contribution in [0.1, 0.15) is 39.5 Å². The van der Waals surface area contributed by atoms with Crippen LogP contribution >= 0.6 is 0 Å². The van der Waals surface area contributed by atoms with Crippen molar-refractivity contribution < 1.29 is 0 Å². The van der Waals surface area contributed by atoms with E-state index < -0.39 is 0 Å². The molecule has 0 spiro atoms. The number of hydrogen-bond acceptors (Lipinski definition) is 3. The molecule has 2 fully saturated rings. The number of hydrogen-bond donors (Lipinski definition) is 1. The average Bonchev–Trinajstić information content (AvgIpc) is 2.69. The van der Waals surface area contributed by atoms with Crippen LogP contribution < -0.4 is 5.73 Å². The molecule has 1 aliphatic heterocycles. The van der Waals surface area contributed by atoms with E-state index >= 15 is 0 Å². The van der Waals surface area contributed by atoms with Crippen LogP contribution in [0.5, 0.6) is 0 Å². The smallest absolute Gasteiger partial charge is 0.0220 e. The molecule has 5 unspecified atom stereocenters. The first-order valence-electron chi connectivity index (χ1n) is 8.11. The van der Waals surface area contributed by atoms with E-state index in [1.165, 1.54) is 45.3 Å². The summed E-state index contributed by atoms with van der Waals surface area (Å²) in [5, 5.41) is 0. The van der Waals surface area contributed by atoms with Gasteiger partial charge in [0.25, 0.3) is 0 Å². The lowest BCUT2D eigenvalue weighted by atomic mass is 9.72. The third-order valence-corrected chi connectivity index (χ3v) is 5.45. The lowest BCUT2D eigenvalue weighted by Gasteiger charge is -2.40. The number of rotatable bonds is 4. The van der Waals surface area contributed by atoms with E-state index in [0.717, 1.165) is 17.9 Å². The Labute approximate surface area is 119 Å². The summed E-state index contributed by atoms with van der Waals surface area (Å²) in [5.74, 6) is 2.28. The number of likely N-dealkylation sites (tertiary alicyclic amines) is 1. The second-order valence-corrected chi connectivity index (χ2v) is 7.38. The van der Waals surface area contributed by atoms with Crippen molar-refractivity contribution in [3.8, 4) is 0 Å². The van der Waals surface area contributed by atoms with Crippen molar-refractivity contribution in [3.05, 3.63) is 0 Å². The Kier molecular flexibility index (Phi) is 5.27. The molecule has 2 N–H and O–H groups in total. The van der Waals surface area contributed by atoms with Gasteiger partial charge in [0, 0.05) is 25.2 Å². The van der Waals surface area contributed by atoms with Gasteiger partial charge in [0.2, 0.25) is 0 Å². The fraction of sp³-hybridized carbons (Fsp3) is 1.00. The molecule has 19 heavy (non-hydrogen) atoms. The van der Waals surface area contributed by atoms with Crippen LogP contribution in [0.15, 0.2) is 0 Å². The van der Waals surface area contributed by atoms with Crippen molar-refractivity contribution in [1.29, 1.82) is 0 Å². The first-order chi connectivity index (χ1) is 8.97. The highest BCUT2D eigenvalue weighted by Gasteiger charge is 2.33. The van der Waals surface area contributed by atoms with Gasteiger partial charge < -0.3 is 15.5 Å². The van der Waals surface area contributed by atoms with Crippen LogP contribution in [0, 0.1) is 17.8 Å². The minimum atomic E-state index is 0.405. The van der Waals surface area contributed by atoms with Gasteiger partial charge in [-0.2, -0.15) is 0 Å². The fourth-order valence-electron chi connectivity index (χ4n) is 4.29. The Morgan fingerprint density at radius 3 is 2.53 bits per heavy atom. The molecule has 0 aromatic carbocycles. The summed E-state index contributed by atoms with van der Waals surface area (Å²) in [6.45, 7) is 8.41. The maximum absolute atomic E-state index is 6.41. The maximum atomic E-state index is 6.41. The lowest BCUT2D eigenvalue weighted by Crippen LogP contribution is -2.47. The molecule has 3 heteroatoms. The van der Waals surface area contributed by atoms with Crippen LogP contribution in [-0.4, -0.2) is 55.6 Å². The van der Waals surface area contributed by atoms with Gasteiger partial charge in [-0.1, -0.05) is 13.8 Å². The van der Waals surface area contributed by atoms with E-state index in [-0.39, 0.29) is 0 Å². The zero-order valence-corrected chi connectivity index (χ0v) is 13.3. The average molecular weight is 267 g/mol. The van der Waals surface area contributed by atoms with Crippen LogP contribution in [0.3, 0.4) is 0 Å². The molecule has 3 nitrogen and oxygen atoms in total. The molecular weight excluding hydrogens is 234 g/mol. The Bertz CT molecular complexity index is 269. The van der Waals surface area contributed by atoms with E-state index in [9.17, 15) is 0 Å².